The lowest BCUT2D eigenvalue weighted by molar-refractivity contribution is 0.397. The molecule has 2 N–H and O–H groups in total. The molecule has 0 atom stereocenters. The summed E-state index contributed by atoms with van der Waals surface area (Å²) in [6.45, 7) is 15.1. The van der Waals surface area contributed by atoms with Gasteiger partial charge in [0.1, 0.15) is 0 Å². The van der Waals surface area contributed by atoms with Crippen molar-refractivity contribution < 1.29 is 10.2 Å². The first-order chi connectivity index (χ1) is 14.3. The molecule has 168 valence electrons. The molecule has 0 saturated carbocycles. The highest BCUT2D eigenvalue weighted by Crippen LogP contribution is 2.42. The van der Waals surface area contributed by atoms with Gasteiger partial charge in [-0.2, -0.15) is 0 Å². The number of rotatable bonds is 11. The molecule has 1 heterocycles. The lowest BCUT2D eigenvalue weighted by Crippen LogP contribution is -2.06. The van der Waals surface area contributed by atoms with Crippen LogP contribution < -0.4 is 0 Å². The van der Waals surface area contributed by atoms with E-state index < -0.39 is 0 Å². The van der Waals surface area contributed by atoms with E-state index in [-0.39, 0.29) is 11.8 Å². The van der Waals surface area contributed by atoms with E-state index in [1.807, 2.05) is 0 Å². The van der Waals surface area contributed by atoms with E-state index >= 15 is 0 Å². The Labute approximate surface area is 184 Å². The fraction of sp³-hybridized carbons (Fsp3) is 0.630. The summed E-state index contributed by atoms with van der Waals surface area (Å²) in [7, 11) is 0. The van der Waals surface area contributed by atoms with Gasteiger partial charge in [-0.05, 0) is 88.1 Å². The minimum Gasteiger partial charge on any atom is -0.494 e. The first kappa shape index (κ1) is 24.4. The molecule has 0 aliphatic carbocycles. The molecule has 1 aromatic carbocycles. The first-order valence-corrected chi connectivity index (χ1v) is 12.0. The van der Waals surface area contributed by atoms with Crippen molar-refractivity contribution in [2.24, 2.45) is 0 Å². The fourth-order valence-corrected chi connectivity index (χ4v) is 4.65. The highest BCUT2D eigenvalue weighted by molar-refractivity contribution is 5.63. The van der Waals surface area contributed by atoms with Gasteiger partial charge in [-0.25, -0.2) is 0 Å². The van der Waals surface area contributed by atoms with Crippen LogP contribution >= 0.6 is 0 Å². The Morgan fingerprint density at radius 3 is 1.27 bits per heavy atom. The molecular formula is C27H43NO2. The number of nitrogens with zero attached hydrogens (tertiary/aromatic N) is 1. The molecule has 0 aliphatic rings. The van der Waals surface area contributed by atoms with Crippen molar-refractivity contribution >= 4 is 0 Å². The molecule has 0 spiro atoms. The SMILES string of the molecule is CCCCCCc1c(CCCCCC)c(O)n(-c2c(C)c(C)c(C)c(C)c2C)c1O. The van der Waals surface area contributed by atoms with Gasteiger partial charge in [-0.3, -0.25) is 4.57 Å². The summed E-state index contributed by atoms with van der Waals surface area (Å²) in [6, 6.07) is 0. The van der Waals surface area contributed by atoms with Crippen molar-refractivity contribution in [3.8, 4) is 17.4 Å². The van der Waals surface area contributed by atoms with Crippen LogP contribution in [-0.2, 0) is 12.8 Å². The normalized spacial score (nSPS) is 11.4. The van der Waals surface area contributed by atoms with Crippen molar-refractivity contribution in [3.05, 3.63) is 38.9 Å². The van der Waals surface area contributed by atoms with Crippen molar-refractivity contribution in [2.75, 3.05) is 0 Å². The highest BCUT2D eigenvalue weighted by Gasteiger charge is 2.26. The maximum absolute atomic E-state index is 11.3. The number of benzene rings is 1. The maximum atomic E-state index is 11.3. The molecule has 0 fully saturated rings. The van der Waals surface area contributed by atoms with Crippen molar-refractivity contribution in [3.63, 3.8) is 0 Å². The van der Waals surface area contributed by atoms with E-state index in [0.717, 1.165) is 66.5 Å². The smallest absolute Gasteiger partial charge is 0.202 e. The van der Waals surface area contributed by atoms with E-state index in [1.54, 1.807) is 4.57 Å². The summed E-state index contributed by atoms with van der Waals surface area (Å²) in [5, 5.41) is 22.6. The number of hydrogen-bond donors (Lipinski definition) is 2. The van der Waals surface area contributed by atoms with Crippen LogP contribution in [0.15, 0.2) is 0 Å². The van der Waals surface area contributed by atoms with E-state index in [9.17, 15) is 10.2 Å². The number of hydrogen-bond acceptors (Lipinski definition) is 2. The van der Waals surface area contributed by atoms with E-state index in [0.29, 0.717) is 0 Å². The summed E-state index contributed by atoms with van der Waals surface area (Å²) in [5.41, 5.74) is 8.87. The Balaban J connectivity index is 2.57. The quantitative estimate of drug-likeness (QED) is 0.371. The molecule has 1 aromatic heterocycles. The summed E-state index contributed by atoms with van der Waals surface area (Å²) in [6.07, 6.45) is 10.9. The maximum Gasteiger partial charge on any atom is 0.202 e. The van der Waals surface area contributed by atoms with E-state index in [4.69, 9.17) is 0 Å². The summed E-state index contributed by atoms with van der Waals surface area (Å²) < 4.78 is 1.73. The average Bonchev–Trinajstić information content (AvgIpc) is 2.96. The zero-order chi connectivity index (χ0) is 22.4. The van der Waals surface area contributed by atoms with Crippen LogP contribution in [-0.4, -0.2) is 14.8 Å². The summed E-state index contributed by atoms with van der Waals surface area (Å²) in [4.78, 5) is 0. The van der Waals surface area contributed by atoms with Crippen molar-refractivity contribution in [1.82, 2.24) is 4.57 Å². The van der Waals surface area contributed by atoms with Gasteiger partial charge in [0.05, 0.1) is 5.69 Å². The molecule has 3 heteroatoms. The summed E-state index contributed by atoms with van der Waals surface area (Å²) >= 11 is 0. The second-order valence-electron chi connectivity index (χ2n) is 9.03. The Kier molecular flexibility index (Phi) is 8.88. The molecule has 0 radical (unpaired) electrons. The van der Waals surface area contributed by atoms with Crippen LogP contribution in [0.25, 0.3) is 5.69 Å². The van der Waals surface area contributed by atoms with E-state index in [1.165, 1.54) is 42.4 Å². The van der Waals surface area contributed by atoms with Gasteiger partial charge >= 0.3 is 0 Å². The third kappa shape index (κ3) is 4.87. The average molecular weight is 414 g/mol. The predicted molar refractivity (Wildman–Crippen MR) is 128 cm³/mol. The summed E-state index contributed by atoms with van der Waals surface area (Å²) in [5.74, 6) is 0.478. The van der Waals surface area contributed by atoms with E-state index in [2.05, 4.69) is 48.5 Å². The Morgan fingerprint density at radius 1 is 0.533 bits per heavy atom. The van der Waals surface area contributed by atoms with Gasteiger partial charge in [-0.15, -0.1) is 0 Å². The van der Waals surface area contributed by atoms with Crippen LogP contribution in [0.1, 0.15) is 104 Å². The molecule has 0 amide bonds. The Bertz CT molecular complexity index is 796. The lowest BCUT2D eigenvalue weighted by Gasteiger charge is -2.20. The van der Waals surface area contributed by atoms with Gasteiger partial charge in [0, 0.05) is 11.1 Å². The second kappa shape index (κ2) is 10.9. The largest absolute Gasteiger partial charge is 0.494 e. The number of aromatic hydroxyl groups is 2. The first-order valence-electron chi connectivity index (χ1n) is 12.0. The van der Waals surface area contributed by atoms with Gasteiger partial charge < -0.3 is 10.2 Å². The van der Waals surface area contributed by atoms with Gasteiger partial charge in [0.25, 0.3) is 0 Å². The molecule has 3 nitrogen and oxygen atoms in total. The van der Waals surface area contributed by atoms with Crippen LogP contribution in [0.2, 0.25) is 0 Å². The molecule has 0 saturated heterocycles. The molecular weight excluding hydrogens is 370 g/mol. The zero-order valence-electron chi connectivity index (χ0n) is 20.4. The molecule has 0 unspecified atom stereocenters. The van der Waals surface area contributed by atoms with Crippen LogP contribution in [0.4, 0.5) is 0 Å². The second-order valence-corrected chi connectivity index (χ2v) is 9.03. The zero-order valence-corrected chi connectivity index (χ0v) is 20.4. The van der Waals surface area contributed by atoms with Gasteiger partial charge in [0.2, 0.25) is 11.8 Å². The third-order valence-corrected chi connectivity index (χ3v) is 7.07. The predicted octanol–water partition coefficient (Wildman–Crippen LogP) is 7.68. The van der Waals surface area contributed by atoms with Crippen molar-refractivity contribution in [2.45, 2.75) is 113 Å². The molecule has 2 aromatic rings. The van der Waals surface area contributed by atoms with Crippen LogP contribution in [0.3, 0.4) is 0 Å². The monoisotopic (exact) mass is 413 g/mol. The minimum absolute atomic E-state index is 0.239. The van der Waals surface area contributed by atoms with Crippen LogP contribution in [0.5, 0.6) is 11.8 Å². The topological polar surface area (TPSA) is 45.4 Å². The molecule has 0 bridgehead atoms. The fourth-order valence-electron chi connectivity index (χ4n) is 4.65. The van der Waals surface area contributed by atoms with Gasteiger partial charge in [-0.1, -0.05) is 52.4 Å². The highest BCUT2D eigenvalue weighted by atomic mass is 16.3. The lowest BCUT2D eigenvalue weighted by atomic mass is 9.93. The molecule has 30 heavy (non-hydrogen) atoms. The molecule has 0 aliphatic heterocycles. The standard InChI is InChI=1S/C27H43NO2/c1-8-10-12-14-16-23-24(17-15-13-11-9-2)27(30)28(26(23)29)25-21(6)19(4)18(3)20(5)22(25)7/h29-30H,8-17H2,1-7H3. The number of unbranched alkanes of at least 4 members (excludes halogenated alkanes) is 6. The number of aromatic nitrogens is 1. The minimum atomic E-state index is 0.239. The third-order valence-electron chi connectivity index (χ3n) is 7.07. The molecule has 2 rings (SSSR count). The van der Waals surface area contributed by atoms with Gasteiger partial charge in [0.15, 0.2) is 0 Å². The Morgan fingerprint density at radius 2 is 0.900 bits per heavy atom. The van der Waals surface area contributed by atoms with Crippen LogP contribution in [0, 0.1) is 34.6 Å². The van der Waals surface area contributed by atoms with Crippen molar-refractivity contribution in [1.29, 1.82) is 0 Å². The Hall–Kier alpha value is -1.90.